The van der Waals surface area contributed by atoms with Crippen molar-refractivity contribution < 1.29 is 0 Å². The van der Waals surface area contributed by atoms with Crippen LogP contribution in [0.3, 0.4) is 0 Å². The first kappa shape index (κ1) is 15.9. The highest BCUT2D eigenvalue weighted by Crippen LogP contribution is 2.47. The minimum atomic E-state index is 0.393. The minimum absolute atomic E-state index is 0.393. The quantitative estimate of drug-likeness (QED) is 0.817. The molecule has 2 heteroatoms. The van der Waals surface area contributed by atoms with Crippen LogP contribution in [0, 0.1) is 17.3 Å². The van der Waals surface area contributed by atoms with Gasteiger partial charge < -0.3 is 5.32 Å². The Bertz CT molecular complexity index is 435. The third kappa shape index (κ3) is 3.56. The average molecular weight is 294 g/mol. The van der Waals surface area contributed by atoms with Crippen LogP contribution in [-0.4, -0.2) is 13.6 Å². The van der Waals surface area contributed by atoms with Gasteiger partial charge in [0.25, 0.3) is 0 Å². The number of benzene rings is 1. The molecule has 2 rings (SSSR count). The zero-order valence-electron chi connectivity index (χ0n) is 13.2. The van der Waals surface area contributed by atoms with Crippen LogP contribution in [0.15, 0.2) is 24.3 Å². The number of hydrogen-bond donors (Lipinski definition) is 1. The predicted molar refractivity (Wildman–Crippen MR) is 88.4 cm³/mol. The summed E-state index contributed by atoms with van der Waals surface area (Å²) < 4.78 is 0. The van der Waals surface area contributed by atoms with Gasteiger partial charge >= 0.3 is 0 Å². The molecular weight excluding hydrogens is 266 g/mol. The molecule has 1 aromatic rings. The van der Waals surface area contributed by atoms with Gasteiger partial charge in [-0.15, -0.1) is 0 Å². The maximum atomic E-state index is 6.46. The molecule has 0 amide bonds. The Labute approximate surface area is 129 Å². The number of halogens is 1. The smallest absolute Gasteiger partial charge is 0.0440 e. The summed E-state index contributed by atoms with van der Waals surface area (Å²) in [5, 5.41) is 4.31. The lowest BCUT2D eigenvalue weighted by Gasteiger charge is -2.42. The van der Waals surface area contributed by atoms with E-state index in [9.17, 15) is 0 Å². The molecule has 20 heavy (non-hydrogen) atoms. The molecule has 1 nitrogen and oxygen atoms in total. The fourth-order valence-corrected chi connectivity index (χ4v) is 3.96. The van der Waals surface area contributed by atoms with Gasteiger partial charge in [-0.2, -0.15) is 0 Å². The summed E-state index contributed by atoms with van der Waals surface area (Å²) in [7, 11) is 2.06. The second-order valence-corrected chi connectivity index (χ2v) is 7.73. The summed E-state index contributed by atoms with van der Waals surface area (Å²) >= 11 is 6.46. The first-order valence-corrected chi connectivity index (χ1v) is 8.20. The topological polar surface area (TPSA) is 12.0 Å². The second-order valence-electron chi connectivity index (χ2n) is 7.32. The highest BCUT2D eigenvalue weighted by atomic mass is 35.5. The summed E-state index contributed by atoms with van der Waals surface area (Å²) in [5.41, 5.74) is 1.74. The molecule has 1 N–H and O–H groups in total. The first-order valence-electron chi connectivity index (χ1n) is 7.82. The van der Waals surface area contributed by atoms with Crippen LogP contribution in [0.2, 0.25) is 5.02 Å². The van der Waals surface area contributed by atoms with E-state index in [1.165, 1.54) is 24.8 Å². The molecule has 0 spiro atoms. The van der Waals surface area contributed by atoms with Crippen molar-refractivity contribution in [1.29, 1.82) is 0 Å². The van der Waals surface area contributed by atoms with Crippen LogP contribution < -0.4 is 5.32 Å². The number of rotatable bonds is 3. The Balaban J connectivity index is 2.26. The van der Waals surface area contributed by atoms with Crippen molar-refractivity contribution >= 4 is 11.6 Å². The molecule has 1 saturated carbocycles. The zero-order chi connectivity index (χ0) is 14.8. The lowest BCUT2D eigenvalue weighted by molar-refractivity contribution is 0.130. The van der Waals surface area contributed by atoms with Gasteiger partial charge in [0.1, 0.15) is 0 Å². The molecule has 0 aliphatic heterocycles. The van der Waals surface area contributed by atoms with Crippen LogP contribution in [0.25, 0.3) is 0 Å². The fourth-order valence-electron chi connectivity index (χ4n) is 3.68. The van der Waals surface area contributed by atoms with Crippen molar-refractivity contribution in [2.24, 2.45) is 17.3 Å². The van der Waals surface area contributed by atoms with Gasteiger partial charge in [-0.1, -0.05) is 50.6 Å². The van der Waals surface area contributed by atoms with Crippen LogP contribution >= 0.6 is 11.6 Å². The summed E-state index contributed by atoms with van der Waals surface area (Å²) in [6.45, 7) is 8.21. The third-order valence-electron chi connectivity index (χ3n) is 4.99. The monoisotopic (exact) mass is 293 g/mol. The lowest BCUT2D eigenvalue weighted by atomic mass is 9.64. The van der Waals surface area contributed by atoms with Crippen LogP contribution in [0.1, 0.15) is 51.5 Å². The molecule has 1 aromatic carbocycles. The van der Waals surface area contributed by atoms with E-state index in [0.29, 0.717) is 17.3 Å². The first-order chi connectivity index (χ1) is 9.43. The van der Waals surface area contributed by atoms with Gasteiger partial charge in [0.15, 0.2) is 0 Å². The van der Waals surface area contributed by atoms with Gasteiger partial charge in [0.2, 0.25) is 0 Å². The Morgan fingerprint density at radius 2 is 1.90 bits per heavy atom. The van der Waals surface area contributed by atoms with E-state index < -0.39 is 0 Å². The Morgan fingerprint density at radius 1 is 1.20 bits per heavy atom. The van der Waals surface area contributed by atoms with Crippen molar-refractivity contribution in [3.05, 3.63) is 34.9 Å². The third-order valence-corrected chi connectivity index (χ3v) is 5.33. The second kappa shape index (κ2) is 6.49. The molecule has 0 radical (unpaired) electrons. The van der Waals surface area contributed by atoms with Crippen molar-refractivity contribution in [3.8, 4) is 0 Å². The molecular formula is C18H28ClN. The lowest BCUT2D eigenvalue weighted by Crippen LogP contribution is -2.34. The van der Waals surface area contributed by atoms with Gasteiger partial charge in [-0.25, -0.2) is 0 Å². The number of nitrogens with one attached hydrogen (secondary N) is 1. The molecule has 0 bridgehead atoms. The molecule has 0 aromatic heterocycles. The molecule has 3 unspecified atom stereocenters. The average Bonchev–Trinajstić information content (AvgIpc) is 2.39. The van der Waals surface area contributed by atoms with Gasteiger partial charge in [-0.05, 0) is 67.7 Å². The summed E-state index contributed by atoms with van der Waals surface area (Å²) in [5.74, 6) is 2.09. The molecule has 0 heterocycles. The molecule has 1 aliphatic carbocycles. The fraction of sp³-hybridized carbons (Fsp3) is 0.667. The normalized spacial score (nSPS) is 27.6. The zero-order valence-corrected chi connectivity index (χ0v) is 14.0. The van der Waals surface area contributed by atoms with E-state index in [2.05, 4.69) is 45.3 Å². The molecule has 1 fully saturated rings. The van der Waals surface area contributed by atoms with E-state index in [1.54, 1.807) is 0 Å². The van der Waals surface area contributed by atoms with E-state index in [4.69, 9.17) is 11.6 Å². The Morgan fingerprint density at radius 3 is 2.50 bits per heavy atom. The van der Waals surface area contributed by atoms with Crippen LogP contribution in [0.4, 0.5) is 0 Å². The van der Waals surface area contributed by atoms with Crippen molar-refractivity contribution in [1.82, 2.24) is 5.32 Å². The Kier molecular flexibility index (Phi) is 5.14. The summed E-state index contributed by atoms with van der Waals surface area (Å²) in [4.78, 5) is 0. The van der Waals surface area contributed by atoms with E-state index >= 15 is 0 Å². The van der Waals surface area contributed by atoms with Crippen molar-refractivity contribution in [2.75, 3.05) is 13.6 Å². The van der Waals surface area contributed by atoms with Crippen molar-refractivity contribution in [2.45, 2.75) is 46.0 Å². The number of hydrogen-bond acceptors (Lipinski definition) is 1. The highest BCUT2D eigenvalue weighted by Gasteiger charge is 2.36. The standard InChI is InChI=1S/C18H28ClN/c1-18(2,3)14-10-9-13(12-20-4)16(11-14)15-7-5-6-8-17(15)19/h5-8,13-14,16,20H,9-12H2,1-4H3. The summed E-state index contributed by atoms with van der Waals surface area (Å²) in [6, 6.07) is 8.41. The molecule has 3 atom stereocenters. The van der Waals surface area contributed by atoms with E-state index in [1.807, 2.05) is 12.1 Å². The molecule has 112 valence electrons. The maximum absolute atomic E-state index is 6.46. The SMILES string of the molecule is CNCC1CCC(C(C)(C)C)CC1c1ccccc1Cl. The van der Waals surface area contributed by atoms with Gasteiger partial charge in [0, 0.05) is 5.02 Å². The maximum Gasteiger partial charge on any atom is 0.0440 e. The van der Waals surface area contributed by atoms with Gasteiger partial charge in [0.05, 0.1) is 0 Å². The largest absolute Gasteiger partial charge is 0.319 e. The van der Waals surface area contributed by atoms with E-state index in [0.717, 1.165) is 17.5 Å². The van der Waals surface area contributed by atoms with Crippen LogP contribution in [0.5, 0.6) is 0 Å². The van der Waals surface area contributed by atoms with Crippen LogP contribution in [-0.2, 0) is 0 Å². The predicted octanol–water partition coefficient (Wildman–Crippen LogP) is 5.11. The molecule has 0 saturated heterocycles. The minimum Gasteiger partial charge on any atom is -0.319 e. The Hall–Kier alpha value is -0.530. The summed E-state index contributed by atoms with van der Waals surface area (Å²) in [6.07, 6.45) is 3.91. The van der Waals surface area contributed by atoms with Gasteiger partial charge in [-0.3, -0.25) is 0 Å². The highest BCUT2D eigenvalue weighted by molar-refractivity contribution is 6.31. The molecule has 1 aliphatic rings. The van der Waals surface area contributed by atoms with E-state index in [-0.39, 0.29) is 0 Å². The van der Waals surface area contributed by atoms with Crippen molar-refractivity contribution in [3.63, 3.8) is 0 Å².